The van der Waals surface area contributed by atoms with Gasteiger partial charge in [-0.1, -0.05) is 32.0 Å². The van der Waals surface area contributed by atoms with Crippen LogP contribution in [-0.2, 0) is 0 Å². The molecule has 0 bridgehead atoms. The Morgan fingerprint density at radius 3 is 2.50 bits per heavy atom. The standard InChI is InChI=1S/C18H27NO/c1-12-8-13(2)10-14(9-12)18(19-3)16-11-20-17-7-5-4-6-15(16)17/h4-7,12-14,16,18-19H,8-11H2,1-3H3. The molecule has 1 aliphatic heterocycles. The molecular formula is C18H27NO. The van der Waals surface area contributed by atoms with Crippen molar-refractivity contribution in [3.63, 3.8) is 0 Å². The van der Waals surface area contributed by atoms with Crippen molar-refractivity contribution in [2.45, 2.75) is 45.1 Å². The maximum Gasteiger partial charge on any atom is 0.122 e. The van der Waals surface area contributed by atoms with Crippen molar-refractivity contribution < 1.29 is 4.74 Å². The molecule has 1 N–H and O–H groups in total. The summed E-state index contributed by atoms with van der Waals surface area (Å²) in [6.45, 7) is 5.66. The number of hydrogen-bond acceptors (Lipinski definition) is 2. The number of ether oxygens (including phenoxy) is 1. The molecule has 2 nitrogen and oxygen atoms in total. The molecule has 0 aromatic heterocycles. The number of rotatable bonds is 3. The number of fused-ring (bicyclic) bond motifs is 1. The van der Waals surface area contributed by atoms with Crippen molar-refractivity contribution in [2.75, 3.05) is 13.7 Å². The lowest BCUT2D eigenvalue weighted by Crippen LogP contribution is -2.42. The van der Waals surface area contributed by atoms with Crippen LogP contribution in [0, 0.1) is 17.8 Å². The summed E-state index contributed by atoms with van der Waals surface area (Å²) in [6.07, 6.45) is 4.10. The van der Waals surface area contributed by atoms with Crippen molar-refractivity contribution in [1.29, 1.82) is 0 Å². The monoisotopic (exact) mass is 273 g/mol. The fourth-order valence-corrected chi connectivity index (χ4v) is 4.55. The summed E-state index contributed by atoms with van der Waals surface area (Å²) in [5.74, 6) is 4.10. The topological polar surface area (TPSA) is 21.3 Å². The highest BCUT2D eigenvalue weighted by Gasteiger charge is 2.37. The molecule has 1 aromatic carbocycles. The molecule has 110 valence electrons. The molecule has 0 radical (unpaired) electrons. The summed E-state index contributed by atoms with van der Waals surface area (Å²) < 4.78 is 5.90. The lowest BCUT2D eigenvalue weighted by molar-refractivity contribution is 0.157. The molecule has 1 aliphatic carbocycles. The van der Waals surface area contributed by atoms with Gasteiger partial charge < -0.3 is 10.1 Å². The van der Waals surface area contributed by atoms with Crippen LogP contribution in [0.2, 0.25) is 0 Å². The van der Waals surface area contributed by atoms with E-state index < -0.39 is 0 Å². The van der Waals surface area contributed by atoms with Gasteiger partial charge in [-0.25, -0.2) is 0 Å². The minimum Gasteiger partial charge on any atom is -0.493 e. The predicted molar refractivity (Wildman–Crippen MR) is 83.2 cm³/mol. The van der Waals surface area contributed by atoms with Crippen LogP contribution in [0.4, 0.5) is 0 Å². The summed E-state index contributed by atoms with van der Waals surface area (Å²) in [4.78, 5) is 0. The summed E-state index contributed by atoms with van der Waals surface area (Å²) in [7, 11) is 2.12. The van der Waals surface area contributed by atoms with E-state index >= 15 is 0 Å². The normalized spacial score (nSPS) is 34.4. The van der Waals surface area contributed by atoms with E-state index in [1.165, 1.54) is 24.8 Å². The van der Waals surface area contributed by atoms with E-state index in [9.17, 15) is 0 Å². The Labute approximate surface area is 122 Å². The van der Waals surface area contributed by atoms with Crippen molar-refractivity contribution in [2.24, 2.45) is 17.8 Å². The number of para-hydroxylation sites is 1. The molecule has 0 amide bonds. The minimum absolute atomic E-state index is 0.513. The predicted octanol–water partition coefficient (Wildman–Crippen LogP) is 3.82. The molecule has 2 heteroatoms. The van der Waals surface area contributed by atoms with E-state index in [1.54, 1.807) is 0 Å². The van der Waals surface area contributed by atoms with Crippen molar-refractivity contribution >= 4 is 0 Å². The zero-order valence-electron chi connectivity index (χ0n) is 12.9. The molecule has 2 aliphatic rings. The second-order valence-electron chi connectivity index (χ2n) is 6.95. The van der Waals surface area contributed by atoms with E-state index in [0.717, 1.165) is 30.1 Å². The second kappa shape index (κ2) is 5.77. The van der Waals surface area contributed by atoms with Crippen LogP contribution < -0.4 is 10.1 Å². The third-order valence-electron chi connectivity index (χ3n) is 5.23. The Balaban J connectivity index is 1.80. The van der Waals surface area contributed by atoms with E-state index in [2.05, 4.69) is 50.5 Å². The first-order chi connectivity index (χ1) is 9.69. The zero-order chi connectivity index (χ0) is 14.1. The van der Waals surface area contributed by atoms with Gasteiger partial charge in [0.2, 0.25) is 0 Å². The molecule has 4 unspecified atom stereocenters. The first-order valence-corrected chi connectivity index (χ1v) is 8.08. The molecule has 20 heavy (non-hydrogen) atoms. The van der Waals surface area contributed by atoms with Gasteiger partial charge in [-0.2, -0.15) is 0 Å². The Bertz CT molecular complexity index is 448. The number of benzene rings is 1. The van der Waals surface area contributed by atoms with Crippen LogP contribution in [0.1, 0.15) is 44.6 Å². The van der Waals surface area contributed by atoms with Gasteiger partial charge in [-0.15, -0.1) is 0 Å². The molecule has 4 atom stereocenters. The summed E-state index contributed by atoms with van der Waals surface area (Å²) in [5.41, 5.74) is 1.40. The molecule has 1 saturated carbocycles. The van der Waals surface area contributed by atoms with Crippen LogP contribution >= 0.6 is 0 Å². The van der Waals surface area contributed by atoms with Crippen molar-refractivity contribution in [3.8, 4) is 5.75 Å². The maximum atomic E-state index is 5.90. The van der Waals surface area contributed by atoms with Crippen LogP contribution in [0.25, 0.3) is 0 Å². The van der Waals surface area contributed by atoms with Crippen LogP contribution in [-0.4, -0.2) is 19.7 Å². The molecule has 0 saturated heterocycles. The third kappa shape index (κ3) is 2.58. The molecule has 1 heterocycles. The van der Waals surface area contributed by atoms with Crippen LogP contribution in [0.5, 0.6) is 5.75 Å². The molecule has 3 rings (SSSR count). The van der Waals surface area contributed by atoms with Gasteiger partial charge in [0.1, 0.15) is 5.75 Å². The third-order valence-corrected chi connectivity index (χ3v) is 5.23. The fourth-order valence-electron chi connectivity index (χ4n) is 4.55. The Morgan fingerprint density at radius 1 is 1.10 bits per heavy atom. The van der Waals surface area contributed by atoms with Gasteiger partial charge in [-0.3, -0.25) is 0 Å². The molecular weight excluding hydrogens is 246 g/mol. The van der Waals surface area contributed by atoms with Gasteiger partial charge in [-0.05, 0) is 50.1 Å². The first-order valence-electron chi connectivity index (χ1n) is 8.08. The van der Waals surface area contributed by atoms with Gasteiger partial charge in [0.25, 0.3) is 0 Å². The maximum absolute atomic E-state index is 5.90. The van der Waals surface area contributed by atoms with Crippen molar-refractivity contribution in [1.82, 2.24) is 5.32 Å². The lowest BCUT2D eigenvalue weighted by atomic mass is 9.70. The fraction of sp³-hybridized carbons (Fsp3) is 0.667. The highest BCUT2D eigenvalue weighted by molar-refractivity contribution is 5.40. The van der Waals surface area contributed by atoms with E-state index in [-0.39, 0.29) is 0 Å². The van der Waals surface area contributed by atoms with Gasteiger partial charge in [0.05, 0.1) is 6.61 Å². The zero-order valence-corrected chi connectivity index (χ0v) is 12.9. The van der Waals surface area contributed by atoms with Gasteiger partial charge in [0.15, 0.2) is 0 Å². The summed E-state index contributed by atoms with van der Waals surface area (Å²) in [6, 6.07) is 9.10. The molecule has 1 fully saturated rings. The van der Waals surface area contributed by atoms with Crippen molar-refractivity contribution in [3.05, 3.63) is 29.8 Å². The average molecular weight is 273 g/mol. The average Bonchev–Trinajstić information content (AvgIpc) is 2.83. The largest absolute Gasteiger partial charge is 0.493 e. The van der Waals surface area contributed by atoms with Gasteiger partial charge >= 0.3 is 0 Å². The minimum atomic E-state index is 0.513. The molecule has 0 spiro atoms. The quantitative estimate of drug-likeness (QED) is 0.904. The highest BCUT2D eigenvalue weighted by atomic mass is 16.5. The molecule has 1 aromatic rings. The first kappa shape index (κ1) is 13.9. The number of hydrogen-bond donors (Lipinski definition) is 1. The van der Waals surface area contributed by atoms with Crippen LogP contribution in [0.3, 0.4) is 0 Å². The summed E-state index contributed by atoms with van der Waals surface area (Å²) in [5, 5.41) is 3.62. The van der Waals surface area contributed by atoms with E-state index in [0.29, 0.717) is 12.0 Å². The van der Waals surface area contributed by atoms with E-state index in [1.807, 2.05) is 0 Å². The smallest absolute Gasteiger partial charge is 0.122 e. The summed E-state index contributed by atoms with van der Waals surface area (Å²) >= 11 is 0. The lowest BCUT2D eigenvalue weighted by Gasteiger charge is -2.38. The Morgan fingerprint density at radius 2 is 1.80 bits per heavy atom. The van der Waals surface area contributed by atoms with E-state index in [4.69, 9.17) is 4.74 Å². The Kier molecular flexibility index (Phi) is 4.02. The SMILES string of the molecule is CNC(C1CC(C)CC(C)C1)C1COc2ccccc21. The Hall–Kier alpha value is -1.02. The number of likely N-dealkylation sites (N-methyl/N-ethyl adjacent to an activating group) is 1. The van der Waals surface area contributed by atoms with Crippen LogP contribution in [0.15, 0.2) is 24.3 Å². The second-order valence-corrected chi connectivity index (χ2v) is 6.95. The number of nitrogens with one attached hydrogen (secondary N) is 1. The van der Waals surface area contributed by atoms with Gasteiger partial charge in [0, 0.05) is 17.5 Å². The highest BCUT2D eigenvalue weighted by Crippen LogP contribution is 2.42.